The molecule has 2 saturated heterocycles. The third-order valence-electron chi connectivity index (χ3n) is 11.4. The Morgan fingerprint density at radius 3 is 2.58 bits per heavy atom. The van der Waals surface area contributed by atoms with Gasteiger partial charge in [0.2, 0.25) is 5.95 Å². The van der Waals surface area contributed by atoms with Gasteiger partial charge < -0.3 is 24.5 Å². The molecule has 0 unspecified atom stereocenters. The summed E-state index contributed by atoms with van der Waals surface area (Å²) in [6.07, 6.45) is 7.33. The Bertz CT molecular complexity index is 2190. The fourth-order valence-corrected chi connectivity index (χ4v) is 8.19. The molecule has 0 bridgehead atoms. The number of carbonyl (C=O) groups is 2. The number of fused-ring (bicyclic) bond motifs is 2. The maximum Gasteiger partial charge on any atom is 0.357 e. The Morgan fingerprint density at radius 1 is 0.965 bits per heavy atom. The van der Waals surface area contributed by atoms with Crippen LogP contribution in [0.15, 0.2) is 72.9 Å². The molecule has 14 heteroatoms. The van der Waals surface area contributed by atoms with Crippen LogP contribution in [-0.4, -0.2) is 87.2 Å². The summed E-state index contributed by atoms with van der Waals surface area (Å²) >= 11 is 0. The van der Waals surface area contributed by atoms with Crippen molar-refractivity contribution in [3.63, 3.8) is 0 Å². The van der Waals surface area contributed by atoms with Crippen LogP contribution in [0.2, 0.25) is 0 Å². The fraction of sp³-hybridized carbons (Fsp3) is 0.465. The molecule has 0 spiro atoms. The molecule has 57 heavy (non-hydrogen) atoms. The number of pyridine rings is 1. The lowest BCUT2D eigenvalue weighted by atomic mass is 9.85. The first-order chi connectivity index (χ1) is 27.7. The van der Waals surface area contributed by atoms with Gasteiger partial charge in [0.1, 0.15) is 11.9 Å². The van der Waals surface area contributed by atoms with Crippen molar-refractivity contribution in [2.24, 2.45) is 0 Å². The summed E-state index contributed by atoms with van der Waals surface area (Å²) in [4.78, 5) is 36.5. The summed E-state index contributed by atoms with van der Waals surface area (Å²) in [6.45, 7) is 13.9. The molecule has 2 aromatic carbocycles. The van der Waals surface area contributed by atoms with Crippen molar-refractivity contribution in [1.29, 1.82) is 0 Å². The maximum atomic E-state index is 14.3. The zero-order chi connectivity index (χ0) is 39.5. The minimum absolute atomic E-state index is 0.241. The number of morpholine rings is 1. The Kier molecular flexibility index (Phi) is 11.2. The van der Waals surface area contributed by atoms with E-state index in [4.69, 9.17) is 19.4 Å². The molecule has 3 atom stereocenters. The van der Waals surface area contributed by atoms with Crippen molar-refractivity contribution in [2.45, 2.75) is 89.8 Å². The van der Waals surface area contributed by atoms with Crippen LogP contribution >= 0.6 is 0 Å². The van der Waals surface area contributed by atoms with E-state index in [0.29, 0.717) is 30.5 Å². The molecule has 1 N–H and O–H groups in total. The quantitative estimate of drug-likeness (QED) is 0.114. The molecule has 0 saturated carbocycles. The summed E-state index contributed by atoms with van der Waals surface area (Å²) in [5.74, 6) is 1.88. The fourth-order valence-electron chi connectivity index (χ4n) is 8.19. The predicted octanol–water partition coefficient (Wildman–Crippen LogP) is 6.73. The highest BCUT2D eigenvalue weighted by Crippen LogP contribution is 2.39. The average molecular weight is 776 g/mol. The number of piperidine rings is 1. The van der Waals surface area contributed by atoms with Crippen LogP contribution in [0.25, 0.3) is 11.3 Å². The van der Waals surface area contributed by atoms with Gasteiger partial charge in [-0.05, 0) is 86.4 Å². The summed E-state index contributed by atoms with van der Waals surface area (Å²) in [7, 11) is 0. The van der Waals surface area contributed by atoms with E-state index in [1.807, 2.05) is 65.2 Å². The molecule has 300 valence electrons. The van der Waals surface area contributed by atoms with Gasteiger partial charge in [-0.25, -0.2) is 9.48 Å². The minimum atomic E-state index is -0.580. The number of urea groups is 1. The van der Waals surface area contributed by atoms with Crippen LogP contribution in [-0.2, 0) is 26.2 Å². The van der Waals surface area contributed by atoms with Crippen molar-refractivity contribution in [1.82, 2.24) is 34.6 Å². The normalized spacial score (nSPS) is 20.2. The molecule has 0 radical (unpaired) electrons. The maximum absolute atomic E-state index is 14.3. The molecule has 5 aromatic rings. The second-order valence-electron chi connectivity index (χ2n) is 16.4. The molecule has 2 amide bonds. The Hall–Kier alpha value is -5.47. The molecule has 14 nitrogen and oxygen atoms in total. The zero-order valence-corrected chi connectivity index (χ0v) is 33.3. The van der Waals surface area contributed by atoms with E-state index in [9.17, 15) is 9.59 Å². The molecule has 2 aliphatic heterocycles. The van der Waals surface area contributed by atoms with Crippen molar-refractivity contribution in [3.05, 3.63) is 95.3 Å². The van der Waals surface area contributed by atoms with Gasteiger partial charge in [0, 0.05) is 43.7 Å². The lowest BCUT2D eigenvalue weighted by Crippen LogP contribution is -2.43. The van der Waals surface area contributed by atoms with Crippen molar-refractivity contribution < 1.29 is 23.9 Å². The van der Waals surface area contributed by atoms with Gasteiger partial charge in [0.15, 0.2) is 11.5 Å². The van der Waals surface area contributed by atoms with Gasteiger partial charge in [-0.3, -0.25) is 14.1 Å². The van der Waals surface area contributed by atoms with E-state index in [2.05, 4.69) is 65.1 Å². The minimum Gasteiger partial charge on any atom is -0.484 e. The van der Waals surface area contributed by atoms with E-state index in [0.717, 1.165) is 103 Å². The second-order valence-corrected chi connectivity index (χ2v) is 16.4. The van der Waals surface area contributed by atoms with E-state index in [1.165, 1.54) is 6.42 Å². The molecule has 3 aromatic heterocycles. The van der Waals surface area contributed by atoms with Gasteiger partial charge in [-0.1, -0.05) is 57.2 Å². The van der Waals surface area contributed by atoms with E-state index >= 15 is 0 Å². The Morgan fingerprint density at radius 2 is 1.79 bits per heavy atom. The van der Waals surface area contributed by atoms with Crippen LogP contribution < -0.4 is 20.0 Å². The number of nitrogens with zero attached hydrogens (tertiary/aromatic N) is 8. The lowest BCUT2D eigenvalue weighted by Gasteiger charge is -2.34. The highest BCUT2D eigenvalue weighted by Gasteiger charge is 2.34. The molecule has 8 rings (SSSR count). The van der Waals surface area contributed by atoms with Crippen LogP contribution in [0.5, 0.6) is 5.75 Å². The third-order valence-corrected chi connectivity index (χ3v) is 11.4. The van der Waals surface area contributed by atoms with E-state index in [-0.39, 0.29) is 24.0 Å². The predicted molar refractivity (Wildman–Crippen MR) is 217 cm³/mol. The zero-order valence-electron chi connectivity index (χ0n) is 33.3. The first-order valence-corrected chi connectivity index (χ1v) is 20.2. The lowest BCUT2D eigenvalue weighted by molar-refractivity contribution is -0.129. The highest BCUT2D eigenvalue weighted by molar-refractivity contribution is 5.90. The molecular formula is C43H53N9O5. The number of ether oxygens (including phenoxy) is 2. The van der Waals surface area contributed by atoms with Gasteiger partial charge in [-0.2, -0.15) is 5.10 Å². The SMILES string of the molecule is C[C@H]1CCCCN1c1nnc2ccc(O[C@@H]3CC[C@H](NC(=O)N(OC=O)c4cc(C(C)(C)C)nn4-c4cccc(CCN5CCOCC5)c4)c4ccccc43)cn12. The van der Waals surface area contributed by atoms with Gasteiger partial charge in [0.05, 0.1) is 36.8 Å². The highest BCUT2D eigenvalue weighted by atomic mass is 16.7. The summed E-state index contributed by atoms with van der Waals surface area (Å²) in [5.41, 5.74) is 5.00. The van der Waals surface area contributed by atoms with Crippen LogP contribution in [0.4, 0.5) is 16.6 Å². The summed E-state index contributed by atoms with van der Waals surface area (Å²) in [5, 5.41) is 18.1. The second kappa shape index (κ2) is 16.6. The molecule has 5 heterocycles. The number of amides is 2. The number of benzene rings is 2. The van der Waals surface area contributed by atoms with Gasteiger partial charge in [-0.15, -0.1) is 15.3 Å². The molecule has 2 fully saturated rings. The number of rotatable bonds is 11. The number of hydrogen-bond acceptors (Lipinski definition) is 10. The van der Waals surface area contributed by atoms with Crippen molar-refractivity contribution in [3.8, 4) is 11.4 Å². The van der Waals surface area contributed by atoms with Crippen LogP contribution in [0, 0.1) is 0 Å². The summed E-state index contributed by atoms with van der Waals surface area (Å²) in [6, 6.07) is 21.3. The van der Waals surface area contributed by atoms with Crippen molar-refractivity contribution >= 4 is 29.9 Å². The summed E-state index contributed by atoms with van der Waals surface area (Å²) < 4.78 is 15.9. The monoisotopic (exact) mass is 775 g/mol. The number of hydrogen-bond donors (Lipinski definition) is 1. The molecular weight excluding hydrogens is 723 g/mol. The third kappa shape index (κ3) is 8.33. The van der Waals surface area contributed by atoms with E-state index in [1.54, 1.807) is 4.68 Å². The van der Waals surface area contributed by atoms with Gasteiger partial charge in [0.25, 0.3) is 0 Å². The molecule has 1 aliphatic carbocycles. The largest absolute Gasteiger partial charge is 0.484 e. The number of hydroxylamine groups is 1. The standard InChI is InChI=1S/C43H53N9O5/c1-30-10-7-8-20-49(30)41-46-45-39-18-15-33(28-50(39)41)57-37-17-16-36(34-13-5-6-14-35(34)37)44-42(54)52(56-29-53)40-27-38(43(2,3)4)47-51(40)32-12-9-11-31(26-32)19-21-48-22-24-55-25-23-48/h5-6,9,11-15,18,26-30,36-37H,7-8,10,16-17,19-25H2,1-4H3,(H,44,54)/t30-,36-,37+/m0/s1. The number of aromatic nitrogens is 5. The van der Waals surface area contributed by atoms with Gasteiger partial charge >= 0.3 is 12.5 Å². The Balaban J connectivity index is 1.02. The number of nitrogens with one attached hydrogen (secondary N) is 1. The topological polar surface area (TPSA) is 132 Å². The van der Waals surface area contributed by atoms with E-state index < -0.39 is 6.03 Å². The Labute approximate surface area is 333 Å². The van der Waals surface area contributed by atoms with Crippen LogP contribution in [0.3, 0.4) is 0 Å². The smallest absolute Gasteiger partial charge is 0.357 e. The first-order valence-electron chi connectivity index (χ1n) is 20.2. The number of carbonyl (C=O) groups excluding carboxylic acids is 2. The van der Waals surface area contributed by atoms with Crippen LogP contribution in [0.1, 0.15) is 94.3 Å². The average Bonchev–Trinajstić information content (AvgIpc) is 3.86. The van der Waals surface area contributed by atoms with Crippen molar-refractivity contribution in [2.75, 3.05) is 49.4 Å². The first kappa shape index (κ1) is 38.4. The number of anilines is 2. The molecule has 3 aliphatic rings.